The van der Waals surface area contributed by atoms with Crippen molar-refractivity contribution in [1.82, 2.24) is 29.7 Å². The average molecular weight is 612 g/mol. The SMILES string of the molecule is CCN(C(=O)c1c(C)[nH]n(-c2ccccc2Cl)c1=O)c1ccc(-c2nc(-c3ccnc(N4CC(OC)C4)c3)cnc2N)nc1. The molecule has 6 rings (SSSR count). The molecule has 0 saturated carbocycles. The number of nitrogen functional groups attached to an aromatic ring is 1. The van der Waals surface area contributed by atoms with Gasteiger partial charge in [-0.1, -0.05) is 23.7 Å². The number of ether oxygens (including phenoxy) is 1. The van der Waals surface area contributed by atoms with Crippen LogP contribution in [0.5, 0.6) is 0 Å². The van der Waals surface area contributed by atoms with E-state index >= 15 is 0 Å². The first-order valence-electron chi connectivity index (χ1n) is 14.0. The third-order valence-electron chi connectivity index (χ3n) is 7.59. The Morgan fingerprint density at radius 2 is 1.91 bits per heavy atom. The Kier molecular flexibility index (Phi) is 7.85. The second-order valence-corrected chi connectivity index (χ2v) is 10.7. The van der Waals surface area contributed by atoms with Crippen LogP contribution in [0.15, 0.2) is 71.9 Å². The lowest BCUT2D eigenvalue weighted by Gasteiger charge is -2.39. The second-order valence-electron chi connectivity index (χ2n) is 10.3. The zero-order chi connectivity index (χ0) is 31.0. The molecule has 0 atom stereocenters. The van der Waals surface area contributed by atoms with Crippen LogP contribution in [-0.4, -0.2) is 68.5 Å². The van der Waals surface area contributed by atoms with Gasteiger partial charge < -0.3 is 20.3 Å². The summed E-state index contributed by atoms with van der Waals surface area (Å²) < 4.78 is 6.65. The molecule has 3 N–H and O–H groups in total. The van der Waals surface area contributed by atoms with Crippen molar-refractivity contribution < 1.29 is 9.53 Å². The van der Waals surface area contributed by atoms with Gasteiger partial charge in [0.1, 0.15) is 17.1 Å². The Hall–Kier alpha value is -5.07. The Bertz CT molecular complexity index is 1900. The molecule has 1 aromatic carbocycles. The summed E-state index contributed by atoms with van der Waals surface area (Å²) >= 11 is 6.31. The van der Waals surface area contributed by atoms with Crippen molar-refractivity contribution >= 4 is 34.8 Å². The van der Waals surface area contributed by atoms with Crippen molar-refractivity contribution in [1.29, 1.82) is 0 Å². The van der Waals surface area contributed by atoms with Gasteiger partial charge in [-0.2, -0.15) is 0 Å². The quantitative estimate of drug-likeness (QED) is 0.264. The molecule has 1 fully saturated rings. The van der Waals surface area contributed by atoms with Crippen LogP contribution in [0.4, 0.5) is 17.3 Å². The van der Waals surface area contributed by atoms with Gasteiger partial charge in [0.25, 0.3) is 11.5 Å². The molecule has 1 amide bonds. The third-order valence-corrected chi connectivity index (χ3v) is 7.91. The second kappa shape index (κ2) is 11.9. The Morgan fingerprint density at radius 3 is 2.61 bits per heavy atom. The average Bonchev–Trinajstić information content (AvgIpc) is 3.31. The Labute approximate surface area is 258 Å². The van der Waals surface area contributed by atoms with Gasteiger partial charge in [-0.05, 0) is 50.2 Å². The summed E-state index contributed by atoms with van der Waals surface area (Å²) in [4.78, 5) is 48.8. The number of H-pyrrole nitrogens is 1. The number of aromatic nitrogens is 6. The maximum absolute atomic E-state index is 13.7. The minimum atomic E-state index is -0.490. The van der Waals surface area contributed by atoms with Crippen LogP contribution < -0.4 is 21.1 Å². The van der Waals surface area contributed by atoms with Crippen LogP contribution >= 0.6 is 11.6 Å². The maximum atomic E-state index is 13.7. The van der Waals surface area contributed by atoms with E-state index < -0.39 is 11.5 Å². The van der Waals surface area contributed by atoms with Crippen LogP contribution in [-0.2, 0) is 4.74 Å². The number of amides is 1. The largest absolute Gasteiger partial charge is 0.382 e. The fraction of sp³-hybridized carbons (Fsp3) is 0.226. The van der Waals surface area contributed by atoms with Crippen LogP contribution in [0.1, 0.15) is 23.0 Å². The van der Waals surface area contributed by atoms with Crippen molar-refractivity contribution in [3.05, 3.63) is 93.8 Å². The number of halogens is 1. The van der Waals surface area contributed by atoms with Gasteiger partial charge in [-0.25, -0.2) is 19.6 Å². The standard InChI is InChI=1S/C31H30ClN9O3/c1-4-40(30(42)27-18(2)38-41(31(27)43)25-8-6-5-7-22(25)32)20-9-10-23(35-14-20)28-29(33)36-15-24(37-28)19-11-12-34-26(13-19)39-16-21(17-39)44-3/h5-15,21,38H,4,16-17H2,1-3H3,(H2,33,36). The number of methoxy groups -OCH3 is 1. The summed E-state index contributed by atoms with van der Waals surface area (Å²) in [5, 5.41) is 3.36. The van der Waals surface area contributed by atoms with Gasteiger partial charge in [-0.3, -0.25) is 19.7 Å². The molecule has 44 heavy (non-hydrogen) atoms. The number of aryl methyl sites for hydroxylation is 1. The molecular weight excluding hydrogens is 582 g/mol. The van der Waals surface area contributed by atoms with Crippen LogP contribution in [0.3, 0.4) is 0 Å². The minimum Gasteiger partial charge on any atom is -0.382 e. The lowest BCUT2D eigenvalue weighted by atomic mass is 10.1. The van der Waals surface area contributed by atoms with E-state index in [9.17, 15) is 9.59 Å². The summed E-state index contributed by atoms with van der Waals surface area (Å²) in [5.41, 5.74) is 9.50. The fourth-order valence-corrected chi connectivity index (χ4v) is 5.34. The number of carbonyl (C=O) groups is 1. The zero-order valence-corrected chi connectivity index (χ0v) is 25.1. The highest BCUT2D eigenvalue weighted by atomic mass is 35.5. The molecule has 0 radical (unpaired) electrons. The number of para-hydroxylation sites is 1. The van der Waals surface area contributed by atoms with Gasteiger partial charge >= 0.3 is 0 Å². The molecule has 0 aliphatic carbocycles. The Balaban J connectivity index is 1.26. The molecule has 1 aliphatic rings. The van der Waals surface area contributed by atoms with Crippen molar-refractivity contribution in [3.63, 3.8) is 0 Å². The van der Waals surface area contributed by atoms with E-state index in [1.54, 1.807) is 69.0 Å². The number of hydrogen-bond donors (Lipinski definition) is 2. The van der Waals surface area contributed by atoms with Crippen molar-refractivity contribution in [3.8, 4) is 28.3 Å². The molecule has 4 aromatic heterocycles. The van der Waals surface area contributed by atoms with E-state index in [1.807, 2.05) is 19.1 Å². The summed E-state index contributed by atoms with van der Waals surface area (Å²) in [7, 11) is 1.71. The molecule has 0 unspecified atom stereocenters. The van der Waals surface area contributed by atoms with E-state index in [2.05, 4.69) is 25.0 Å². The normalized spacial score (nSPS) is 13.1. The molecule has 12 nitrogen and oxygen atoms in total. The third kappa shape index (κ3) is 5.29. The lowest BCUT2D eigenvalue weighted by molar-refractivity contribution is 0.0783. The number of anilines is 3. The van der Waals surface area contributed by atoms with Gasteiger partial charge in [0.05, 0.1) is 46.3 Å². The number of rotatable bonds is 8. The first-order chi connectivity index (χ1) is 21.3. The van der Waals surface area contributed by atoms with E-state index in [0.29, 0.717) is 45.7 Å². The van der Waals surface area contributed by atoms with E-state index in [4.69, 9.17) is 27.1 Å². The monoisotopic (exact) mass is 611 g/mol. The molecule has 224 valence electrons. The van der Waals surface area contributed by atoms with Crippen LogP contribution in [0, 0.1) is 6.92 Å². The van der Waals surface area contributed by atoms with Crippen LogP contribution in [0.2, 0.25) is 5.02 Å². The highest BCUT2D eigenvalue weighted by molar-refractivity contribution is 6.32. The zero-order valence-electron chi connectivity index (χ0n) is 24.4. The summed E-state index contributed by atoms with van der Waals surface area (Å²) in [6.45, 7) is 5.36. The van der Waals surface area contributed by atoms with Crippen molar-refractivity contribution in [2.24, 2.45) is 0 Å². The first-order valence-corrected chi connectivity index (χ1v) is 14.4. The van der Waals surface area contributed by atoms with Crippen LogP contribution in [0.25, 0.3) is 28.3 Å². The molecule has 1 aliphatic heterocycles. The van der Waals surface area contributed by atoms with Crippen molar-refractivity contribution in [2.45, 2.75) is 20.0 Å². The predicted octanol–water partition coefficient (Wildman–Crippen LogP) is 4.13. The number of nitrogens with zero attached hydrogens (tertiary/aromatic N) is 7. The van der Waals surface area contributed by atoms with Gasteiger partial charge in [0, 0.05) is 44.2 Å². The smallest absolute Gasteiger partial charge is 0.284 e. The van der Waals surface area contributed by atoms with Gasteiger partial charge in [-0.15, -0.1) is 0 Å². The molecule has 5 aromatic rings. The number of aromatic amines is 1. The number of hydrogen-bond acceptors (Lipinski definition) is 9. The highest BCUT2D eigenvalue weighted by Gasteiger charge is 2.28. The summed E-state index contributed by atoms with van der Waals surface area (Å²) in [6, 6.07) is 14.2. The van der Waals surface area contributed by atoms with E-state index in [-0.39, 0.29) is 17.5 Å². The molecule has 1 saturated heterocycles. The highest BCUT2D eigenvalue weighted by Crippen LogP contribution is 2.29. The maximum Gasteiger partial charge on any atom is 0.284 e. The topological polar surface area (TPSA) is 148 Å². The Morgan fingerprint density at radius 1 is 1.11 bits per heavy atom. The molecule has 0 spiro atoms. The molecule has 0 bridgehead atoms. The van der Waals surface area contributed by atoms with E-state index in [0.717, 1.165) is 24.5 Å². The van der Waals surface area contributed by atoms with Gasteiger partial charge in [0.2, 0.25) is 0 Å². The number of pyridine rings is 2. The minimum absolute atomic E-state index is 0.0198. The molecule has 5 heterocycles. The number of benzene rings is 1. The first kappa shape index (κ1) is 29.0. The fourth-order valence-electron chi connectivity index (χ4n) is 5.12. The summed E-state index contributed by atoms with van der Waals surface area (Å²) in [6.07, 6.45) is 5.11. The number of nitrogens with one attached hydrogen (secondary N) is 1. The van der Waals surface area contributed by atoms with E-state index in [1.165, 1.54) is 9.58 Å². The molecule has 13 heteroatoms. The lowest BCUT2D eigenvalue weighted by Crippen LogP contribution is -2.52. The summed E-state index contributed by atoms with van der Waals surface area (Å²) in [5.74, 6) is 0.597. The number of nitrogens with two attached hydrogens (primary N) is 1. The number of carbonyl (C=O) groups excluding carboxylic acids is 1. The van der Waals surface area contributed by atoms with Crippen molar-refractivity contribution in [2.75, 3.05) is 42.3 Å². The molecular formula is C31H30ClN9O3. The van der Waals surface area contributed by atoms with Gasteiger partial charge in [0.15, 0.2) is 5.82 Å². The predicted molar refractivity (Wildman–Crippen MR) is 169 cm³/mol.